The van der Waals surface area contributed by atoms with E-state index in [1.54, 1.807) is 0 Å². The third-order valence-corrected chi connectivity index (χ3v) is 4.16. The Hall–Kier alpha value is -1.39. The Labute approximate surface area is 120 Å². The second-order valence-corrected chi connectivity index (χ2v) is 5.46. The van der Waals surface area contributed by atoms with Gasteiger partial charge in [0.25, 0.3) is 0 Å². The van der Waals surface area contributed by atoms with Crippen LogP contribution in [-0.4, -0.2) is 31.2 Å². The Balaban J connectivity index is 2.09. The van der Waals surface area contributed by atoms with Crippen LogP contribution in [0.1, 0.15) is 37.7 Å². The third-order valence-electron chi connectivity index (χ3n) is 4.16. The van der Waals surface area contributed by atoms with E-state index in [0.717, 1.165) is 24.8 Å². The van der Waals surface area contributed by atoms with Gasteiger partial charge in [0.2, 0.25) is 5.91 Å². The molecule has 0 bridgehead atoms. The van der Waals surface area contributed by atoms with Crippen LogP contribution < -0.4 is 11.1 Å². The fourth-order valence-electron chi connectivity index (χ4n) is 2.75. The average Bonchev–Trinajstić information content (AvgIpc) is 2.50. The van der Waals surface area contributed by atoms with Gasteiger partial charge in [-0.3, -0.25) is 4.79 Å². The molecule has 1 aromatic carbocycles. The minimum absolute atomic E-state index is 0.0750. The molecule has 3 N–H and O–H groups in total. The molecule has 1 aromatic rings. The highest BCUT2D eigenvalue weighted by molar-refractivity contribution is 5.84. The number of rotatable bonds is 5. The van der Waals surface area contributed by atoms with E-state index in [1.807, 2.05) is 37.3 Å². The Bertz CT molecular complexity index is 427. The fraction of sp³-hybridized carbons (Fsp3) is 0.562. The van der Waals surface area contributed by atoms with Gasteiger partial charge in [-0.15, -0.1) is 0 Å². The second-order valence-electron chi connectivity index (χ2n) is 5.46. The summed E-state index contributed by atoms with van der Waals surface area (Å²) in [6.45, 7) is 3.84. The molecule has 1 amide bonds. The van der Waals surface area contributed by atoms with Crippen LogP contribution in [0, 0.1) is 0 Å². The Morgan fingerprint density at radius 2 is 2.00 bits per heavy atom. The van der Waals surface area contributed by atoms with Gasteiger partial charge in [-0.25, -0.2) is 0 Å². The van der Waals surface area contributed by atoms with Crippen molar-refractivity contribution in [3.05, 3.63) is 35.9 Å². The quantitative estimate of drug-likeness (QED) is 0.862. The van der Waals surface area contributed by atoms with Gasteiger partial charge in [-0.2, -0.15) is 0 Å². The molecule has 2 rings (SSSR count). The lowest BCUT2D eigenvalue weighted by Crippen LogP contribution is -2.57. The maximum atomic E-state index is 12.6. The Morgan fingerprint density at radius 3 is 2.55 bits per heavy atom. The van der Waals surface area contributed by atoms with Gasteiger partial charge in [-0.05, 0) is 24.8 Å². The number of amides is 1. The van der Waals surface area contributed by atoms with Gasteiger partial charge >= 0.3 is 0 Å². The van der Waals surface area contributed by atoms with Crippen molar-refractivity contribution in [1.29, 1.82) is 0 Å². The monoisotopic (exact) mass is 276 g/mol. The van der Waals surface area contributed by atoms with Crippen molar-refractivity contribution in [2.24, 2.45) is 5.73 Å². The van der Waals surface area contributed by atoms with Gasteiger partial charge in [0.1, 0.15) is 0 Å². The zero-order chi connectivity index (χ0) is 14.4. The lowest BCUT2D eigenvalue weighted by Gasteiger charge is -2.38. The topological polar surface area (TPSA) is 64.4 Å². The van der Waals surface area contributed by atoms with Crippen LogP contribution in [0.4, 0.5) is 0 Å². The molecule has 0 saturated carbocycles. The number of nitrogens with one attached hydrogen (secondary N) is 1. The number of hydrogen-bond donors (Lipinski definition) is 2. The van der Waals surface area contributed by atoms with E-state index in [0.29, 0.717) is 19.8 Å². The lowest BCUT2D eigenvalue weighted by molar-refractivity contribution is -0.125. The van der Waals surface area contributed by atoms with E-state index in [4.69, 9.17) is 10.5 Å². The summed E-state index contributed by atoms with van der Waals surface area (Å²) in [7, 11) is 0. The molecule has 1 aliphatic rings. The molecule has 0 aromatic heterocycles. The van der Waals surface area contributed by atoms with Crippen LogP contribution in [0.2, 0.25) is 0 Å². The zero-order valence-corrected chi connectivity index (χ0v) is 12.1. The molecule has 20 heavy (non-hydrogen) atoms. The Morgan fingerprint density at radius 1 is 1.35 bits per heavy atom. The van der Waals surface area contributed by atoms with Gasteiger partial charge < -0.3 is 15.8 Å². The maximum Gasteiger partial charge on any atom is 0.228 e. The van der Waals surface area contributed by atoms with E-state index in [2.05, 4.69) is 5.32 Å². The van der Waals surface area contributed by atoms with Crippen molar-refractivity contribution >= 4 is 5.91 Å². The number of carbonyl (C=O) groups excluding carboxylic acids is 1. The van der Waals surface area contributed by atoms with Crippen LogP contribution in [-0.2, 0) is 9.53 Å². The molecule has 1 saturated heterocycles. The first-order valence-electron chi connectivity index (χ1n) is 7.35. The molecule has 110 valence electrons. The number of benzene rings is 1. The van der Waals surface area contributed by atoms with E-state index >= 15 is 0 Å². The predicted molar refractivity (Wildman–Crippen MR) is 79.5 cm³/mol. The Kier molecular flexibility index (Phi) is 5.15. The van der Waals surface area contributed by atoms with E-state index in [-0.39, 0.29) is 17.4 Å². The van der Waals surface area contributed by atoms with Gasteiger partial charge in [0.15, 0.2) is 0 Å². The lowest BCUT2D eigenvalue weighted by atomic mass is 9.88. The first kappa shape index (κ1) is 15.0. The average molecular weight is 276 g/mol. The van der Waals surface area contributed by atoms with E-state index in [9.17, 15) is 4.79 Å². The number of ether oxygens (including phenoxy) is 1. The van der Waals surface area contributed by atoms with Crippen molar-refractivity contribution in [2.75, 3.05) is 19.8 Å². The molecule has 0 radical (unpaired) electrons. The summed E-state index contributed by atoms with van der Waals surface area (Å²) >= 11 is 0. The highest BCUT2D eigenvalue weighted by atomic mass is 16.5. The van der Waals surface area contributed by atoms with Crippen LogP contribution in [0.25, 0.3) is 0 Å². The van der Waals surface area contributed by atoms with E-state index < -0.39 is 0 Å². The molecule has 1 heterocycles. The summed E-state index contributed by atoms with van der Waals surface area (Å²) in [6.07, 6.45) is 2.37. The summed E-state index contributed by atoms with van der Waals surface area (Å²) in [5.41, 5.74) is 6.66. The molecule has 0 aliphatic carbocycles. The standard InChI is InChI=1S/C16H24N2O2/c1-2-14(13-6-4-3-5-7-13)15(19)18-16(12-17)8-10-20-11-9-16/h3-7,14H,2,8-12,17H2,1H3,(H,18,19). The minimum atomic E-state index is -0.294. The summed E-state index contributed by atoms with van der Waals surface area (Å²) < 4.78 is 5.37. The van der Waals surface area contributed by atoms with Crippen molar-refractivity contribution in [3.8, 4) is 0 Å². The van der Waals surface area contributed by atoms with Crippen molar-refractivity contribution in [1.82, 2.24) is 5.32 Å². The fourth-order valence-corrected chi connectivity index (χ4v) is 2.75. The van der Waals surface area contributed by atoms with Gasteiger partial charge in [0, 0.05) is 19.8 Å². The van der Waals surface area contributed by atoms with Crippen molar-refractivity contribution in [3.63, 3.8) is 0 Å². The predicted octanol–water partition coefficient (Wildman–Crippen LogP) is 1.80. The number of hydrogen-bond acceptors (Lipinski definition) is 3. The van der Waals surface area contributed by atoms with Gasteiger partial charge in [0.05, 0.1) is 11.5 Å². The highest BCUT2D eigenvalue weighted by Crippen LogP contribution is 2.24. The molecule has 0 spiro atoms. The van der Waals surface area contributed by atoms with E-state index in [1.165, 1.54) is 0 Å². The van der Waals surface area contributed by atoms with Crippen molar-refractivity contribution < 1.29 is 9.53 Å². The smallest absolute Gasteiger partial charge is 0.228 e. The maximum absolute atomic E-state index is 12.6. The van der Waals surface area contributed by atoms with Crippen LogP contribution in [0.3, 0.4) is 0 Å². The first-order valence-corrected chi connectivity index (χ1v) is 7.35. The zero-order valence-electron chi connectivity index (χ0n) is 12.1. The first-order chi connectivity index (χ1) is 9.71. The normalized spacial score (nSPS) is 19.3. The van der Waals surface area contributed by atoms with Crippen molar-refractivity contribution in [2.45, 2.75) is 37.6 Å². The van der Waals surface area contributed by atoms with Crippen LogP contribution >= 0.6 is 0 Å². The summed E-state index contributed by atoms with van der Waals surface area (Å²) in [5.74, 6) is -0.0338. The number of carbonyl (C=O) groups is 1. The third kappa shape index (κ3) is 3.38. The molecule has 1 unspecified atom stereocenters. The molecule has 1 aliphatic heterocycles. The van der Waals surface area contributed by atoms with Crippen LogP contribution in [0.5, 0.6) is 0 Å². The van der Waals surface area contributed by atoms with Crippen LogP contribution in [0.15, 0.2) is 30.3 Å². The molecule has 4 heteroatoms. The number of nitrogens with two attached hydrogens (primary N) is 1. The second kappa shape index (κ2) is 6.86. The molecule has 1 fully saturated rings. The summed E-state index contributed by atoms with van der Waals surface area (Å²) in [6, 6.07) is 9.92. The summed E-state index contributed by atoms with van der Waals surface area (Å²) in [5, 5.41) is 3.19. The summed E-state index contributed by atoms with van der Waals surface area (Å²) in [4.78, 5) is 12.6. The molecule has 4 nitrogen and oxygen atoms in total. The molecular formula is C16H24N2O2. The minimum Gasteiger partial charge on any atom is -0.381 e. The molecule has 1 atom stereocenters. The largest absolute Gasteiger partial charge is 0.381 e. The highest BCUT2D eigenvalue weighted by Gasteiger charge is 2.34. The molecular weight excluding hydrogens is 252 g/mol. The van der Waals surface area contributed by atoms with Gasteiger partial charge in [-0.1, -0.05) is 37.3 Å². The SMILES string of the molecule is CCC(C(=O)NC1(CN)CCOCC1)c1ccccc1.